The molecular weight excluding hydrogens is 268 g/mol. The molecule has 6 nitrogen and oxygen atoms in total. The summed E-state index contributed by atoms with van der Waals surface area (Å²) >= 11 is 0. The first-order valence-electron chi connectivity index (χ1n) is 7.26. The second-order valence-corrected chi connectivity index (χ2v) is 6.27. The van der Waals surface area contributed by atoms with Crippen LogP contribution in [0.4, 0.5) is 0 Å². The average Bonchev–Trinajstić information content (AvgIpc) is 2.35. The molecular formula is C15H28N4O2. The molecule has 0 fully saturated rings. The number of nitrogens with one attached hydrogen (secondary N) is 2. The van der Waals surface area contributed by atoms with Crippen molar-refractivity contribution in [2.24, 2.45) is 5.92 Å². The van der Waals surface area contributed by atoms with Crippen LogP contribution in [0.15, 0.2) is 0 Å². The maximum absolute atomic E-state index is 12.2. The molecule has 0 saturated carbocycles. The molecule has 2 N–H and O–H groups in total. The van der Waals surface area contributed by atoms with E-state index in [1.54, 1.807) is 25.8 Å². The van der Waals surface area contributed by atoms with Crippen LogP contribution in [-0.4, -0.2) is 47.9 Å². The van der Waals surface area contributed by atoms with Crippen molar-refractivity contribution >= 4 is 11.8 Å². The fraction of sp³-hybridized carbons (Fsp3) is 0.800. The number of hydrogen-bond donors (Lipinski definition) is 2. The SMILES string of the molecule is CC(C)NC(=O)CN(C)[C@@H](C)C(=O)N[C@@](C)(C#N)C(C)C. The van der Waals surface area contributed by atoms with Crippen LogP contribution in [0.3, 0.4) is 0 Å². The zero-order chi connectivity index (χ0) is 16.8. The molecule has 0 bridgehead atoms. The lowest BCUT2D eigenvalue weighted by atomic mass is 9.90. The Labute approximate surface area is 127 Å². The van der Waals surface area contributed by atoms with Gasteiger partial charge in [0.25, 0.3) is 0 Å². The number of carbonyl (C=O) groups is 2. The maximum Gasteiger partial charge on any atom is 0.238 e. The number of carbonyl (C=O) groups excluding carboxylic acids is 2. The van der Waals surface area contributed by atoms with E-state index in [1.165, 1.54) is 0 Å². The van der Waals surface area contributed by atoms with Crippen molar-refractivity contribution in [1.29, 1.82) is 5.26 Å². The van der Waals surface area contributed by atoms with E-state index in [1.807, 2.05) is 27.7 Å². The molecule has 0 aromatic heterocycles. The fourth-order valence-electron chi connectivity index (χ4n) is 1.59. The molecule has 0 aliphatic carbocycles. The Kier molecular flexibility index (Phi) is 7.37. The summed E-state index contributed by atoms with van der Waals surface area (Å²) < 4.78 is 0. The van der Waals surface area contributed by atoms with Crippen LogP contribution >= 0.6 is 0 Å². The maximum atomic E-state index is 12.2. The van der Waals surface area contributed by atoms with Crippen LogP contribution in [0.5, 0.6) is 0 Å². The number of nitrogens with zero attached hydrogens (tertiary/aromatic N) is 2. The largest absolute Gasteiger partial charge is 0.353 e. The van der Waals surface area contributed by atoms with Crippen molar-refractivity contribution in [1.82, 2.24) is 15.5 Å². The van der Waals surface area contributed by atoms with Gasteiger partial charge in [-0.2, -0.15) is 5.26 Å². The van der Waals surface area contributed by atoms with Crippen LogP contribution < -0.4 is 10.6 Å². The number of hydrogen-bond acceptors (Lipinski definition) is 4. The molecule has 0 heterocycles. The first-order valence-corrected chi connectivity index (χ1v) is 7.26. The van der Waals surface area contributed by atoms with Gasteiger partial charge in [-0.05, 0) is 40.7 Å². The average molecular weight is 296 g/mol. The molecule has 0 spiro atoms. The van der Waals surface area contributed by atoms with E-state index in [0.717, 1.165) is 0 Å². The lowest BCUT2D eigenvalue weighted by molar-refractivity contribution is -0.129. The van der Waals surface area contributed by atoms with Crippen molar-refractivity contribution < 1.29 is 9.59 Å². The molecule has 2 atom stereocenters. The van der Waals surface area contributed by atoms with E-state index in [4.69, 9.17) is 0 Å². The number of nitriles is 1. The Morgan fingerprint density at radius 3 is 2.14 bits per heavy atom. The van der Waals surface area contributed by atoms with Crippen molar-refractivity contribution in [3.05, 3.63) is 0 Å². The Balaban J connectivity index is 4.64. The van der Waals surface area contributed by atoms with E-state index in [9.17, 15) is 14.9 Å². The zero-order valence-electron chi connectivity index (χ0n) is 14.2. The highest BCUT2D eigenvalue weighted by Crippen LogP contribution is 2.15. The van der Waals surface area contributed by atoms with Crippen LogP contribution in [-0.2, 0) is 9.59 Å². The predicted molar refractivity (Wildman–Crippen MR) is 82.4 cm³/mol. The van der Waals surface area contributed by atoms with E-state index >= 15 is 0 Å². The lowest BCUT2D eigenvalue weighted by Gasteiger charge is -2.31. The van der Waals surface area contributed by atoms with Gasteiger partial charge in [-0.25, -0.2) is 0 Å². The normalized spacial score (nSPS) is 15.5. The Morgan fingerprint density at radius 1 is 1.24 bits per heavy atom. The minimum atomic E-state index is -0.910. The molecule has 21 heavy (non-hydrogen) atoms. The Morgan fingerprint density at radius 2 is 1.76 bits per heavy atom. The van der Waals surface area contributed by atoms with Gasteiger partial charge in [0.2, 0.25) is 11.8 Å². The molecule has 120 valence electrons. The number of rotatable bonds is 7. The summed E-state index contributed by atoms with van der Waals surface area (Å²) in [5.74, 6) is -0.389. The zero-order valence-corrected chi connectivity index (χ0v) is 14.2. The summed E-state index contributed by atoms with van der Waals surface area (Å²) in [6.07, 6.45) is 0. The second kappa shape index (κ2) is 7.99. The van der Waals surface area contributed by atoms with Crippen LogP contribution in [0.1, 0.15) is 41.5 Å². The summed E-state index contributed by atoms with van der Waals surface area (Å²) in [7, 11) is 1.71. The van der Waals surface area contributed by atoms with Gasteiger partial charge in [-0.1, -0.05) is 13.8 Å². The topological polar surface area (TPSA) is 85.2 Å². The molecule has 0 rings (SSSR count). The summed E-state index contributed by atoms with van der Waals surface area (Å²) in [6.45, 7) is 11.1. The molecule has 0 aliphatic rings. The third-order valence-electron chi connectivity index (χ3n) is 3.65. The summed E-state index contributed by atoms with van der Waals surface area (Å²) in [6, 6.07) is 1.72. The minimum absolute atomic E-state index is 0.00630. The molecule has 0 saturated heterocycles. The number of amides is 2. The first-order chi connectivity index (χ1) is 9.53. The van der Waals surface area contributed by atoms with Gasteiger partial charge in [-0.15, -0.1) is 0 Å². The van der Waals surface area contributed by atoms with Gasteiger partial charge in [0.05, 0.1) is 18.7 Å². The minimum Gasteiger partial charge on any atom is -0.353 e. The van der Waals surface area contributed by atoms with Crippen molar-refractivity contribution in [3.63, 3.8) is 0 Å². The predicted octanol–water partition coefficient (Wildman–Crippen LogP) is 0.886. The Bertz CT molecular complexity index is 414. The highest BCUT2D eigenvalue weighted by Gasteiger charge is 2.32. The molecule has 6 heteroatoms. The van der Waals surface area contributed by atoms with Crippen molar-refractivity contribution in [2.75, 3.05) is 13.6 Å². The molecule has 0 aromatic rings. The van der Waals surface area contributed by atoms with Crippen molar-refractivity contribution in [3.8, 4) is 6.07 Å². The standard InChI is InChI=1S/C15H28N4O2/c1-10(2)15(6,9-16)18-14(21)12(5)19(7)8-13(20)17-11(3)4/h10-12H,8H2,1-7H3,(H,17,20)(H,18,21)/t12-,15-/m0/s1. The quantitative estimate of drug-likeness (QED) is 0.730. The van der Waals surface area contributed by atoms with E-state index in [0.29, 0.717) is 0 Å². The molecule has 2 amide bonds. The first kappa shape index (κ1) is 19.4. The highest BCUT2D eigenvalue weighted by molar-refractivity contribution is 5.84. The number of likely N-dealkylation sites (N-methyl/N-ethyl adjacent to an activating group) is 1. The third kappa shape index (κ3) is 6.13. The van der Waals surface area contributed by atoms with Gasteiger partial charge in [0.1, 0.15) is 5.54 Å². The van der Waals surface area contributed by atoms with Gasteiger partial charge in [0, 0.05) is 6.04 Å². The summed E-state index contributed by atoms with van der Waals surface area (Å²) in [4.78, 5) is 25.6. The van der Waals surface area contributed by atoms with Gasteiger partial charge < -0.3 is 10.6 Å². The van der Waals surface area contributed by atoms with Crippen LogP contribution in [0.25, 0.3) is 0 Å². The third-order valence-corrected chi connectivity index (χ3v) is 3.65. The van der Waals surface area contributed by atoms with Gasteiger partial charge in [-0.3, -0.25) is 14.5 Å². The lowest BCUT2D eigenvalue weighted by Crippen LogP contribution is -2.55. The molecule has 0 aromatic carbocycles. The monoisotopic (exact) mass is 296 g/mol. The van der Waals surface area contributed by atoms with E-state index in [2.05, 4.69) is 16.7 Å². The highest BCUT2D eigenvalue weighted by atomic mass is 16.2. The molecule has 0 aliphatic heterocycles. The molecule has 0 unspecified atom stereocenters. The van der Waals surface area contributed by atoms with Crippen LogP contribution in [0.2, 0.25) is 0 Å². The smallest absolute Gasteiger partial charge is 0.238 e. The van der Waals surface area contributed by atoms with E-state index < -0.39 is 11.6 Å². The van der Waals surface area contributed by atoms with Crippen molar-refractivity contribution in [2.45, 2.75) is 59.2 Å². The summed E-state index contributed by atoms with van der Waals surface area (Å²) in [5.41, 5.74) is -0.910. The molecule has 0 radical (unpaired) electrons. The van der Waals surface area contributed by atoms with Gasteiger partial charge in [0.15, 0.2) is 0 Å². The van der Waals surface area contributed by atoms with E-state index in [-0.39, 0.29) is 30.3 Å². The Hall–Kier alpha value is -1.61. The summed E-state index contributed by atoms with van der Waals surface area (Å²) in [5, 5.41) is 14.8. The second-order valence-electron chi connectivity index (χ2n) is 6.27. The van der Waals surface area contributed by atoms with Gasteiger partial charge >= 0.3 is 0 Å². The van der Waals surface area contributed by atoms with Crippen LogP contribution in [0, 0.1) is 17.2 Å². The fourth-order valence-corrected chi connectivity index (χ4v) is 1.59.